The predicted molar refractivity (Wildman–Crippen MR) is 74.2 cm³/mol. The van der Waals surface area contributed by atoms with Crippen molar-refractivity contribution in [3.05, 3.63) is 17.8 Å². The van der Waals surface area contributed by atoms with Crippen molar-refractivity contribution < 1.29 is 0 Å². The molecule has 0 saturated carbocycles. The summed E-state index contributed by atoms with van der Waals surface area (Å²) in [5.41, 5.74) is 7.69. The average Bonchev–Trinajstić information content (AvgIpc) is 2.21. The van der Waals surface area contributed by atoms with Crippen LogP contribution in [0.25, 0.3) is 0 Å². The summed E-state index contributed by atoms with van der Waals surface area (Å²) in [6.07, 6.45) is 1.81. The minimum absolute atomic E-state index is 0.375. The van der Waals surface area contributed by atoms with Gasteiger partial charge in [0.05, 0.1) is 0 Å². The summed E-state index contributed by atoms with van der Waals surface area (Å²) in [6, 6.07) is 2.28. The molecule has 1 aromatic rings. The van der Waals surface area contributed by atoms with Crippen LogP contribution >= 0.6 is 0 Å². The van der Waals surface area contributed by atoms with Gasteiger partial charge in [-0.2, -0.15) is 0 Å². The molecule has 0 aliphatic carbocycles. The summed E-state index contributed by atoms with van der Waals surface area (Å²) < 4.78 is 0. The second kappa shape index (κ2) is 5.87. The van der Waals surface area contributed by atoms with Gasteiger partial charge in [0.2, 0.25) is 0 Å². The normalized spacial score (nSPS) is 13.1. The highest BCUT2D eigenvalue weighted by Crippen LogP contribution is 2.16. The molecule has 0 saturated heterocycles. The van der Waals surface area contributed by atoms with Gasteiger partial charge in [-0.1, -0.05) is 13.8 Å². The number of nitrogens with zero attached hydrogens (tertiary/aromatic N) is 2. The van der Waals surface area contributed by atoms with Crippen molar-refractivity contribution in [3.63, 3.8) is 0 Å². The Hall–Kier alpha value is -1.29. The van der Waals surface area contributed by atoms with Crippen LogP contribution < -0.4 is 11.1 Å². The fourth-order valence-electron chi connectivity index (χ4n) is 1.62. The van der Waals surface area contributed by atoms with E-state index >= 15 is 0 Å². The van der Waals surface area contributed by atoms with E-state index < -0.39 is 0 Å². The average molecular weight is 236 g/mol. The monoisotopic (exact) mass is 236 g/mol. The molecule has 0 bridgehead atoms. The van der Waals surface area contributed by atoms with Crippen LogP contribution in [0.15, 0.2) is 12.3 Å². The largest absolute Gasteiger partial charge is 0.398 e. The lowest BCUT2D eigenvalue weighted by Crippen LogP contribution is -2.36. The number of aromatic nitrogens is 1. The Morgan fingerprint density at radius 1 is 1.41 bits per heavy atom. The molecule has 1 aromatic heterocycles. The molecule has 0 amide bonds. The summed E-state index contributed by atoms with van der Waals surface area (Å²) in [5.74, 6) is 1.40. The topological polar surface area (TPSA) is 54.2 Å². The highest BCUT2D eigenvalue weighted by Gasteiger charge is 2.14. The number of hydrogen-bond acceptors (Lipinski definition) is 4. The Bertz CT molecular complexity index is 360. The zero-order chi connectivity index (χ0) is 13.0. The Kier molecular flexibility index (Phi) is 4.75. The van der Waals surface area contributed by atoms with Crippen LogP contribution in [-0.4, -0.2) is 36.6 Å². The lowest BCUT2D eigenvalue weighted by atomic mass is 10.0. The smallest absolute Gasteiger partial charge is 0.128 e. The number of nitrogens with two attached hydrogens (primary N) is 1. The molecule has 1 unspecified atom stereocenters. The number of nitrogen functional groups attached to an aromatic ring is 1. The Morgan fingerprint density at radius 3 is 2.53 bits per heavy atom. The van der Waals surface area contributed by atoms with Crippen molar-refractivity contribution in [3.8, 4) is 0 Å². The number of anilines is 2. The number of nitrogens with one attached hydrogen (secondary N) is 1. The maximum atomic E-state index is 5.88. The van der Waals surface area contributed by atoms with E-state index in [1.807, 2.05) is 19.2 Å². The molecule has 4 heteroatoms. The lowest BCUT2D eigenvalue weighted by Gasteiger charge is -2.26. The van der Waals surface area contributed by atoms with E-state index in [-0.39, 0.29) is 0 Å². The summed E-state index contributed by atoms with van der Waals surface area (Å²) in [6.45, 7) is 7.36. The van der Waals surface area contributed by atoms with Gasteiger partial charge in [0.25, 0.3) is 0 Å². The third-order valence-electron chi connectivity index (χ3n) is 2.84. The Labute approximate surface area is 104 Å². The standard InChI is InChI=1S/C13H24N4/c1-9(2)12(8-17(4)5)16-13-6-11(14)10(3)7-15-13/h6-7,9,12H,8H2,1-5H3,(H3,14,15,16). The first-order valence-electron chi connectivity index (χ1n) is 6.03. The van der Waals surface area contributed by atoms with Gasteiger partial charge in [-0.3, -0.25) is 0 Å². The van der Waals surface area contributed by atoms with Gasteiger partial charge >= 0.3 is 0 Å². The van der Waals surface area contributed by atoms with E-state index in [1.165, 1.54) is 0 Å². The zero-order valence-corrected chi connectivity index (χ0v) is 11.5. The fraction of sp³-hybridized carbons (Fsp3) is 0.615. The van der Waals surface area contributed by atoms with Crippen LogP contribution in [0.5, 0.6) is 0 Å². The van der Waals surface area contributed by atoms with Crippen LogP contribution in [0.3, 0.4) is 0 Å². The van der Waals surface area contributed by atoms with Gasteiger partial charge < -0.3 is 16.0 Å². The maximum absolute atomic E-state index is 5.88. The summed E-state index contributed by atoms with van der Waals surface area (Å²) in [5, 5.41) is 3.45. The predicted octanol–water partition coefficient (Wildman–Crippen LogP) is 1.97. The molecule has 1 atom stereocenters. The van der Waals surface area contributed by atoms with Crippen molar-refractivity contribution in [1.82, 2.24) is 9.88 Å². The molecule has 96 valence electrons. The highest BCUT2D eigenvalue weighted by atomic mass is 15.1. The van der Waals surface area contributed by atoms with Crippen LogP contribution in [0.4, 0.5) is 11.5 Å². The first-order chi connectivity index (χ1) is 7.90. The van der Waals surface area contributed by atoms with E-state index in [4.69, 9.17) is 5.73 Å². The highest BCUT2D eigenvalue weighted by molar-refractivity contribution is 5.53. The number of likely N-dealkylation sites (N-methyl/N-ethyl adjacent to an activating group) is 1. The van der Waals surface area contributed by atoms with Crippen LogP contribution in [-0.2, 0) is 0 Å². The second-order valence-corrected chi connectivity index (χ2v) is 5.18. The number of rotatable bonds is 5. The van der Waals surface area contributed by atoms with Gasteiger partial charge in [0, 0.05) is 30.5 Å². The zero-order valence-electron chi connectivity index (χ0n) is 11.5. The van der Waals surface area contributed by atoms with Crippen molar-refractivity contribution in [2.75, 3.05) is 31.7 Å². The second-order valence-electron chi connectivity index (χ2n) is 5.18. The first-order valence-corrected chi connectivity index (χ1v) is 6.03. The molecule has 3 N–H and O–H groups in total. The van der Waals surface area contributed by atoms with Gasteiger partial charge in [0.15, 0.2) is 0 Å². The van der Waals surface area contributed by atoms with Crippen LogP contribution in [0.2, 0.25) is 0 Å². The Balaban J connectivity index is 2.75. The van der Waals surface area contributed by atoms with Crippen LogP contribution in [0, 0.1) is 12.8 Å². The molecule has 0 aromatic carbocycles. The minimum Gasteiger partial charge on any atom is -0.398 e. The van der Waals surface area contributed by atoms with Crippen molar-refractivity contribution in [2.45, 2.75) is 26.8 Å². The summed E-state index contributed by atoms with van der Waals surface area (Å²) >= 11 is 0. The van der Waals surface area contributed by atoms with Gasteiger partial charge in [-0.05, 0) is 32.5 Å². The molecule has 1 rings (SSSR count). The van der Waals surface area contributed by atoms with Gasteiger partial charge in [-0.15, -0.1) is 0 Å². The van der Waals surface area contributed by atoms with Crippen molar-refractivity contribution >= 4 is 11.5 Å². The molecule has 17 heavy (non-hydrogen) atoms. The molecule has 0 aliphatic rings. The Morgan fingerprint density at radius 2 is 2.06 bits per heavy atom. The first kappa shape index (κ1) is 13.8. The summed E-state index contributed by atoms with van der Waals surface area (Å²) in [7, 11) is 4.15. The quantitative estimate of drug-likeness (QED) is 0.820. The third kappa shape index (κ3) is 4.23. The third-order valence-corrected chi connectivity index (χ3v) is 2.84. The van der Waals surface area contributed by atoms with E-state index in [0.29, 0.717) is 12.0 Å². The van der Waals surface area contributed by atoms with E-state index in [9.17, 15) is 0 Å². The molecule has 0 aliphatic heterocycles. The van der Waals surface area contributed by atoms with Crippen molar-refractivity contribution in [2.24, 2.45) is 5.92 Å². The van der Waals surface area contributed by atoms with Gasteiger partial charge in [-0.25, -0.2) is 4.98 Å². The number of pyridine rings is 1. The van der Waals surface area contributed by atoms with E-state index in [2.05, 4.69) is 43.1 Å². The molecule has 0 radical (unpaired) electrons. The SMILES string of the molecule is Cc1cnc(NC(CN(C)C)C(C)C)cc1N. The molecular formula is C13H24N4. The molecular weight excluding hydrogens is 212 g/mol. The van der Waals surface area contributed by atoms with Crippen LogP contribution in [0.1, 0.15) is 19.4 Å². The minimum atomic E-state index is 0.375. The molecule has 1 heterocycles. The maximum Gasteiger partial charge on any atom is 0.128 e. The number of hydrogen-bond donors (Lipinski definition) is 2. The lowest BCUT2D eigenvalue weighted by molar-refractivity contribution is 0.344. The van der Waals surface area contributed by atoms with Gasteiger partial charge in [0.1, 0.15) is 5.82 Å². The van der Waals surface area contributed by atoms with E-state index in [0.717, 1.165) is 23.6 Å². The molecule has 0 spiro atoms. The van der Waals surface area contributed by atoms with Crippen molar-refractivity contribution in [1.29, 1.82) is 0 Å². The number of aryl methyl sites for hydroxylation is 1. The molecule has 4 nitrogen and oxygen atoms in total. The summed E-state index contributed by atoms with van der Waals surface area (Å²) in [4.78, 5) is 6.53. The van der Waals surface area contributed by atoms with E-state index in [1.54, 1.807) is 0 Å². The molecule has 0 fully saturated rings. The fourth-order valence-corrected chi connectivity index (χ4v) is 1.62.